The summed E-state index contributed by atoms with van der Waals surface area (Å²) in [6, 6.07) is 0.670. The van der Waals surface area contributed by atoms with Crippen LogP contribution in [0.15, 0.2) is 12.4 Å². The normalized spacial score (nSPS) is 22.6. The fourth-order valence-corrected chi connectivity index (χ4v) is 2.86. The SMILES string of the molecule is CC(C)N1CCC(c2ncc(C3CC3)cn2)CC1. The Morgan fingerprint density at radius 3 is 2.11 bits per heavy atom. The molecule has 18 heavy (non-hydrogen) atoms. The molecule has 1 aromatic rings. The highest BCUT2D eigenvalue weighted by Gasteiger charge is 2.26. The molecule has 3 nitrogen and oxygen atoms in total. The van der Waals surface area contributed by atoms with Crippen LogP contribution >= 0.6 is 0 Å². The van der Waals surface area contributed by atoms with E-state index in [4.69, 9.17) is 0 Å². The van der Waals surface area contributed by atoms with E-state index in [0.29, 0.717) is 12.0 Å². The van der Waals surface area contributed by atoms with Gasteiger partial charge in [0, 0.05) is 24.4 Å². The molecule has 0 N–H and O–H groups in total. The first kappa shape index (κ1) is 12.1. The largest absolute Gasteiger partial charge is 0.301 e. The molecular weight excluding hydrogens is 222 g/mol. The van der Waals surface area contributed by atoms with Gasteiger partial charge in [0.1, 0.15) is 5.82 Å². The number of hydrogen-bond acceptors (Lipinski definition) is 3. The molecule has 98 valence electrons. The third kappa shape index (κ3) is 2.56. The molecule has 3 heteroatoms. The molecule has 0 aromatic carbocycles. The number of hydrogen-bond donors (Lipinski definition) is 0. The van der Waals surface area contributed by atoms with E-state index in [-0.39, 0.29) is 0 Å². The lowest BCUT2D eigenvalue weighted by atomic mass is 9.95. The van der Waals surface area contributed by atoms with Crippen molar-refractivity contribution >= 4 is 0 Å². The van der Waals surface area contributed by atoms with Crippen molar-refractivity contribution in [3.63, 3.8) is 0 Å². The van der Waals surface area contributed by atoms with Crippen molar-refractivity contribution in [1.82, 2.24) is 14.9 Å². The minimum absolute atomic E-state index is 0.577. The highest BCUT2D eigenvalue weighted by molar-refractivity contribution is 5.18. The number of piperidine rings is 1. The van der Waals surface area contributed by atoms with E-state index < -0.39 is 0 Å². The van der Waals surface area contributed by atoms with Crippen molar-refractivity contribution < 1.29 is 0 Å². The number of likely N-dealkylation sites (tertiary alicyclic amines) is 1. The van der Waals surface area contributed by atoms with Gasteiger partial charge < -0.3 is 4.90 Å². The summed E-state index contributed by atoms with van der Waals surface area (Å²) in [6.07, 6.45) is 9.20. The first-order valence-corrected chi connectivity index (χ1v) is 7.30. The minimum atomic E-state index is 0.577. The smallest absolute Gasteiger partial charge is 0.131 e. The highest BCUT2D eigenvalue weighted by Crippen LogP contribution is 2.39. The van der Waals surface area contributed by atoms with Crippen molar-refractivity contribution in [2.75, 3.05) is 13.1 Å². The van der Waals surface area contributed by atoms with Crippen molar-refractivity contribution in [1.29, 1.82) is 0 Å². The topological polar surface area (TPSA) is 29.0 Å². The highest BCUT2D eigenvalue weighted by atomic mass is 15.1. The molecule has 0 atom stereocenters. The van der Waals surface area contributed by atoms with E-state index >= 15 is 0 Å². The average Bonchev–Trinajstić information content (AvgIpc) is 3.23. The Bertz CT molecular complexity index is 387. The van der Waals surface area contributed by atoms with Crippen molar-refractivity contribution in [2.45, 2.75) is 57.4 Å². The molecule has 1 saturated carbocycles. The molecule has 1 aromatic heterocycles. The van der Waals surface area contributed by atoms with Crippen LogP contribution < -0.4 is 0 Å². The van der Waals surface area contributed by atoms with Crippen LogP contribution in [0.3, 0.4) is 0 Å². The van der Waals surface area contributed by atoms with Gasteiger partial charge in [-0.3, -0.25) is 0 Å². The summed E-state index contributed by atoms with van der Waals surface area (Å²) in [6.45, 7) is 6.94. The van der Waals surface area contributed by atoms with Crippen LogP contribution in [0, 0.1) is 0 Å². The Labute approximate surface area is 110 Å². The van der Waals surface area contributed by atoms with Crippen LogP contribution in [0.1, 0.15) is 62.8 Å². The monoisotopic (exact) mass is 245 g/mol. The maximum atomic E-state index is 4.60. The lowest BCUT2D eigenvalue weighted by molar-refractivity contribution is 0.169. The summed E-state index contributed by atoms with van der Waals surface area (Å²) in [7, 11) is 0. The zero-order chi connectivity index (χ0) is 12.5. The molecule has 0 bridgehead atoms. The zero-order valence-corrected chi connectivity index (χ0v) is 11.5. The Balaban J connectivity index is 1.61. The average molecular weight is 245 g/mol. The standard InChI is InChI=1S/C15H23N3/c1-11(2)18-7-5-13(6-8-18)15-16-9-14(10-17-15)12-3-4-12/h9-13H,3-8H2,1-2H3. The number of rotatable bonds is 3. The third-order valence-electron chi connectivity index (χ3n) is 4.37. The summed E-state index contributed by atoms with van der Waals surface area (Å²) >= 11 is 0. The lowest BCUT2D eigenvalue weighted by Crippen LogP contribution is -2.38. The van der Waals surface area contributed by atoms with E-state index in [1.165, 1.54) is 44.3 Å². The van der Waals surface area contributed by atoms with Crippen LogP contribution in [0.2, 0.25) is 0 Å². The predicted octanol–water partition coefficient (Wildman–Crippen LogP) is 2.94. The van der Waals surface area contributed by atoms with Gasteiger partial charge in [0.25, 0.3) is 0 Å². The van der Waals surface area contributed by atoms with Gasteiger partial charge in [0.2, 0.25) is 0 Å². The molecule has 0 unspecified atom stereocenters. The Morgan fingerprint density at radius 1 is 1.00 bits per heavy atom. The van der Waals surface area contributed by atoms with Gasteiger partial charge >= 0.3 is 0 Å². The Kier molecular flexibility index (Phi) is 3.33. The van der Waals surface area contributed by atoms with E-state index in [1.54, 1.807) is 0 Å². The molecule has 0 amide bonds. The lowest BCUT2D eigenvalue weighted by Gasteiger charge is -2.33. The number of aromatic nitrogens is 2. The van der Waals surface area contributed by atoms with E-state index in [2.05, 4.69) is 41.1 Å². The maximum absolute atomic E-state index is 4.60. The van der Waals surface area contributed by atoms with Crippen molar-refractivity contribution in [3.05, 3.63) is 23.8 Å². The first-order chi connectivity index (χ1) is 8.74. The molecule has 1 aliphatic heterocycles. The summed E-state index contributed by atoms with van der Waals surface area (Å²) in [5.41, 5.74) is 1.35. The van der Waals surface area contributed by atoms with Gasteiger partial charge in [-0.2, -0.15) is 0 Å². The van der Waals surface area contributed by atoms with Crippen LogP contribution in [0.5, 0.6) is 0 Å². The second-order valence-electron chi connectivity index (χ2n) is 6.05. The third-order valence-corrected chi connectivity index (χ3v) is 4.37. The van der Waals surface area contributed by atoms with Gasteiger partial charge in [-0.25, -0.2) is 9.97 Å². The quantitative estimate of drug-likeness (QED) is 0.820. The van der Waals surface area contributed by atoms with Gasteiger partial charge in [-0.15, -0.1) is 0 Å². The van der Waals surface area contributed by atoms with Crippen LogP contribution in [-0.2, 0) is 0 Å². The summed E-state index contributed by atoms with van der Waals surface area (Å²) in [5.74, 6) is 2.41. The summed E-state index contributed by atoms with van der Waals surface area (Å²) in [5, 5.41) is 0. The zero-order valence-electron chi connectivity index (χ0n) is 11.5. The number of nitrogens with zero attached hydrogens (tertiary/aromatic N) is 3. The molecular formula is C15H23N3. The fraction of sp³-hybridized carbons (Fsp3) is 0.733. The molecule has 2 fully saturated rings. The van der Waals surface area contributed by atoms with Gasteiger partial charge in [0.05, 0.1) is 0 Å². The van der Waals surface area contributed by atoms with E-state index in [9.17, 15) is 0 Å². The first-order valence-electron chi connectivity index (χ1n) is 7.30. The maximum Gasteiger partial charge on any atom is 0.131 e. The molecule has 3 rings (SSSR count). The van der Waals surface area contributed by atoms with Crippen molar-refractivity contribution in [3.8, 4) is 0 Å². The van der Waals surface area contributed by atoms with Gasteiger partial charge in [-0.1, -0.05) is 0 Å². The molecule has 1 saturated heterocycles. The summed E-state index contributed by atoms with van der Waals surface area (Å²) < 4.78 is 0. The molecule has 0 spiro atoms. The fourth-order valence-electron chi connectivity index (χ4n) is 2.86. The van der Waals surface area contributed by atoms with Crippen LogP contribution in [0.4, 0.5) is 0 Å². The minimum Gasteiger partial charge on any atom is -0.301 e. The van der Waals surface area contributed by atoms with Crippen molar-refractivity contribution in [2.24, 2.45) is 0 Å². The Hall–Kier alpha value is -0.960. The second-order valence-corrected chi connectivity index (χ2v) is 6.05. The van der Waals surface area contributed by atoms with Gasteiger partial charge in [-0.05, 0) is 64.1 Å². The molecule has 2 aliphatic rings. The summed E-state index contributed by atoms with van der Waals surface area (Å²) in [4.78, 5) is 11.8. The second kappa shape index (κ2) is 4.96. The van der Waals surface area contributed by atoms with Crippen LogP contribution in [0.25, 0.3) is 0 Å². The van der Waals surface area contributed by atoms with Gasteiger partial charge in [0.15, 0.2) is 0 Å². The molecule has 0 radical (unpaired) electrons. The predicted molar refractivity (Wildman–Crippen MR) is 72.7 cm³/mol. The van der Waals surface area contributed by atoms with E-state index in [1.807, 2.05) is 0 Å². The van der Waals surface area contributed by atoms with Crippen LogP contribution in [-0.4, -0.2) is 34.0 Å². The molecule has 2 heterocycles. The molecule has 1 aliphatic carbocycles. The van der Waals surface area contributed by atoms with E-state index in [0.717, 1.165) is 11.7 Å². The Morgan fingerprint density at radius 2 is 1.61 bits per heavy atom.